The number of carbonyl (C=O) groups excluding carboxylic acids is 2. The van der Waals surface area contributed by atoms with Crippen LogP contribution in [0.1, 0.15) is 45.2 Å². The molecule has 3 aromatic carbocycles. The monoisotopic (exact) mass is 603 g/mol. The van der Waals surface area contributed by atoms with Gasteiger partial charge in [-0.2, -0.15) is 0 Å². The van der Waals surface area contributed by atoms with Crippen LogP contribution < -0.4 is 9.62 Å². The molecule has 0 aliphatic heterocycles. The van der Waals surface area contributed by atoms with Crippen LogP contribution in [0.15, 0.2) is 77.7 Å². The average molecular weight is 605 g/mol. The van der Waals surface area contributed by atoms with Crippen molar-refractivity contribution >= 4 is 50.7 Å². The van der Waals surface area contributed by atoms with Crippen LogP contribution in [0.25, 0.3) is 0 Å². The third-order valence-corrected chi connectivity index (χ3v) is 8.69. The highest BCUT2D eigenvalue weighted by molar-refractivity contribution is 7.92. The van der Waals surface area contributed by atoms with Crippen molar-refractivity contribution in [3.63, 3.8) is 0 Å². The molecule has 0 aromatic heterocycles. The van der Waals surface area contributed by atoms with Crippen LogP contribution in [0, 0.1) is 6.92 Å². The average Bonchev–Trinajstić information content (AvgIpc) is 2.89. The summed E-state index contributed by atoms with van der Waals surface area (Å²) in [5, 5.41) is 3.35. The Balaban J connectivity index is 2.08. The molecule has 0 bridgehead atoms. The molecule has 3 rings (SSSR count). The first-order valence-electron chi connectivity index (χ1n) is 12.9. The largest absolute Gasteiger partial charge is 0.350 e. The number of hydrogen-bond donors (Lipinski definition) is 1. The summed E-state index contributed by atoms with van der Waals surface area (Å²) in [7, 11) is -4.19. The second-order valence-electron chi connectivity index (χ2n) is 10.6. The van der Waals surface area contributed by atoms with E-state index >= 15 is 0 Å². The van der Waals surface area contributed by atoms with E-state index in [1.54, 1.807) is 18.2 Å². The lowest BCUT2D eigenvalue weighted by Gasteiger charge is -2.34. The number of amides is 2. The number of halogens is 2. The van der Waals surface area contributed by atoms with Crippen molar-refractivity contribution in [2.75, 3.05) is 10.8 Å². The van der Waals surface area contributed by atoms with Crippen molar-refractivity contribution in [2.24, 2.45) is 0 Å². The van der Waals surface area contributed by atoms with Crippen molar-refractivity contribution in [3.05, 3.63) is 94.0 Å². The Hall–Kier alpha value is -3.07. The van der Waals surface area contributed by atoms with Gasteiger partial charge in [0.1, 0.15) is 12.6 Å². The zero-order chi connectivity index (χ0) is 29.7. The van der Waals surface area contributed by atoms with Crippen LogP contribution in [0.2, 0.25) is 10.0 Å². The number of rotatable bonds is 10. The molecule has 0 spiro atoms. The molecule has 10 heteroatoms. The number of anilines is 1. The SMILES string of the molecule is CC[C@H](C(=O)NC(C)(C)C)N(Cc1ccc(C)cc1)C(=O)CN(c1ccc(Cl)c(Cl)c1)S(=O)(=O)c1ccccc1. The number of aryl methyl sites for hydroxylation is 1. The standard InChI is InChI=1S/C30H35Cl2N3O4S/c1-6-27(29(37)33-30(3,4)5)34(19-22-14-12-21(2)13-15-22)28(36)20-35(23-16-17-25(31)26(32)18-23)40(38,39)24-10-8-7-9-11-24/h7-18,27H,6,19-20H2,1-5H3,(H,33,37)/t27-/m1/s1. The van der Waals surface area contributed by atoms with Crippen LogP contribution in [0.4, 0.5) is 5.69 Å². The Morgan fingerprint density at radius 3 is 2.10 bits per heavy atom. The first kappa shape index (κ1) is 31.5. The molecule has 0 fully saturated rings. The number of sulfonamides is 1. The topological polar surface area (TPSA) is 86.8 Å². The van der Waals surface area contributed by atoms with Crippen LogP contribution in [-0.4, -0.2) is 43.3 Å². The van der Waals surface area contributed by atoms with Gasteiger partial charge in [0.25, 0.3) is 10.0 Å². The Morgan fingerprint density at radius 1 is 0.925 bits per heavy atom. The van der Waals surface area contributed by atoms with Gasteiger partial charge in [-0.15, -0.1) is 0 Å². The maximum atomic E-state index is 14.1. The Labute approximate surface area is 247 Å². The number of benzene rings is 3. The molecule has 1 atom stereocenters. The number of nitrogens with zero attached hydrogens (tertiary/aromatic N) is 2. The fourth-order valence-corrected chi connectivity index (χ4v) is 5.87. The molecule has 0 saturated carbocycles. The van der Waals surface area contributed by atoms with Gasteiger partial charge in [-0.3, -0.25) is 13.9 Å². The molecule has 7 nitrogen and oxygen atoms in total. The van der Waals surface area contributed by atoms with Crippen molar-refractivity contribution in [1.82, 2.24) is 10.2 Å². The van der Waals surface area contributed by atoms with Gasteiger partial charge in [0.05, 0.1) is 20.6 Å². The molecule has 0 aliphatic rings. The molecule has 0 aliphatic carbocycles. The van der Waals surface area contributed by atoms with E-state index in [9.17, 15) is 18.0 Å². The molecule has 0 radical (unpaired) electrons. The maximum absolute atomic E-state index is 14.1. The molecular weight excluding hydrogens is 569 g/mol. The molecule has 40 heavy (non-hydrogen) atoms. The van der Waals surface area contributed by atoms with Gasteiger partial charge in [-0.1, -0.05) is 78.2 Å². The number of hydrogen-bond acceptors (Lipinski definition) is 4. The smallest absolute Gasteiger partial charge is 0.264 e. The van der Waals surface area contributed by atoms with Gasteiger partial charge in [-0.25, -0.2) is 8.42 Å². The lowest BCUT2D eigenvalue weighted by molar-refractivity contribution is -0.141. The summed E-state index contributed by atoms with van der Waals surface area (Å²) in [6, 6.07) is 19.0. The normalized spacial score (nSPS) is 12.5. The van der Waals surface area contributed by atoms with Gasteiger partial charge in [0.2, 0.25) is 11.8 Å². The van der Waals surface area contributed by atoms with Crippen LogP contribution in [0.3, 0.4) is 0 Å². The lowest BCUT2D eigenvalue weighted by Crippen LogP contribution is -2.55. The second kappa shape index (κ2) is 13.1. The quantitative estimate of drug-likeness (QED) is 0.298. The summed E-state index contributed by atoms with van der Waals surface area (Å²) in [6.07, 6.45) is 0.331. The fraction of sp³-hybridized carbons (Fsp3) is 0.333. The van der Waals surface area contributed by atoms with Crippen molar-refractivity contribution in [2.45, 2.75) is 64.1 Å². The van der Waals surface area contributed by atoms with E-state index in [0.29, 0.717) is 6.42 Å². The van der Waals surface area contributed by atoms with E-state index in [2.05, 4.69) is 5.32 Å². The summed E-state index contributed by atoms with van der Waals surface area (Å²) in [6.45, 7) is 8.93. The van der Waals surface area contributed by atoms with Crippen LogP contribution >= 0.6 is 23.2 Å². The van der Waals surface area contributed by atoms with Crippen molar-refractivity contribution < 1.29 is 18.0 Å². The second-order valence-corrected chi connectivity index (χ2v) is 13.3. The minimum Gasteiger partial charge on any atom is -0.350 e. The minimum atomic E-state index is -4.19. The first-order chi connectivity index (χ1) is 18.7. The summed E-state index contributed by atoms with van der Waals surface area (Å²) < 4.78 is 28.7. The summed E-state index contributed by atoms with van der Waals surface area (Å²) in [5.74, 6) is -0.857. The number of nitrogens with one attached hydrogen (secondary N) is 1. The van der Waals surface area contributed by atoms with Crippen LogP contribution in [0.5, 0.6) is 0 Å². The molecular formula is C30H35Cl2N3O4S. The zero-order valence-electron chi connectivity index (χ0n) is 23.3. The highest BCUT2D eigenvalue weighted by Gasteiger charge is 2.34. The molecule has 3 aromatic rings. The van der Waals surface area contributed by atoms with E-state index in [4.69, 9.17) is 23.2 Å². The fourth-order valence-electron chi connectivity index (χ4n) is 4.15. The molecule has 0 saturated heterocycles. The third kappa shape index (κ3) is 7.99. The van der Waals surface area contributed by atoms with E-state index < -0.39 is 34.1 Å². The molecule has 2 amide bonds. The highest BCUT2D eigenvalue weighted by Crippen LogP contribution is 2.31. The third-order valence-electron chi connectivity index (χ3n) is 6.16. The summed E-state index contributed by atoms with van der Waals surface area (Å²) in [5.41, 5.74) is 1.52. The van der Waals surface area contributed by atoms with E-state index in [-0.39, 0.29) is 33.1 Å². The van der Waals surface area contributed by atoms with E-state index in [1.165, 1.54) is 35.2 Å². The first-order valence-corrected chi connectivity index (χ1v) is 15.1. The highest BCUT2D eigenvalue weighted by atomic mass is 35.5. The molecule has 0 heterocycles. The van der Waals surface area contributed by atoms with Crippen LogP contribution in [-0.2, 0) is 26.2 Å². The molecule has 214 valence electrons. The van der Waals surface area contributed by atoms with Gasteiger partial charge < -0.3 is 10.2 Å². The van der Waals surface area contributed by atoms with Gasteiger partial charge in [0.15, 0.2) is 0 Å². The summed E-state index contributed by atoms with van der Waals surface area (Å²) in [4.78, 5) is 28.9. The summed E-state index contributed by atoms with van der Waals surface area (Å²) >= 11 is 12.3. The van der Waals surface area contributed by atoms with E-state index in [1.807, 2.05) is 58.9 Å². The number of carbonyl (C=O) groups is 2. The maximum Gasteiger partial charge on any atom is 0.264 e. The Bertz CT molecular complexity index is 1440. The Kier molecular flexibility index (Phi) is 10.3. The molecule has 1 N–H and O–H groups in total. The van der Waals surface area contributed by atoms with Gasteiger partial charge in [0, 0.05) is 12.1 Å². The van der Waals surface area contributed by atoms with Crippen molar-refractivity contribution in [1.29, 1.82) is 0 Å². The predicted octanol–water partition coefficient (Wildman–Crippen LogP) is 6.22. The molecule has 0 unspecified atom stereocenters. The van der Waals surface area contributed by atoms with Gasteiger partial charge >= 0.3 is 0 Å². The van der Waals surface area contributed by atoms with Crippen molar-refractivity contribution in [3.8, 4) is 0 Å². The van der Waals surface area contributed by atoms with E-state index in [0.717, 1.165) is 15.4 Å². The zero-order valence-corrected chi connectivity index (χ0v) is 25.6. The Morgan fingerprint density at radius 2 is 1.55 bits per heavy atom. The van der Waals surface area contributed by atoms with Gasteiger partial charge in [-0.05, 0) is 70.0 Å². The minimum absolute atomic E-state index is 0.0106. The lowest BCUT2D eigenvalue weighted by atomic mass is 10.1. The predicted molar refractivity (Wildman–Crippen MR) is 161 cm³/mol.